The van der Waals surface area contributed by atoms with Crippen molar-refractivity contribution in [2.45, 2.75) is 12.8 Å². The van der Waals surface area contributed by atoms with Gasteiger partial charge in [-0.05, 0) is 24.5 Å². The van der Waals surface area contributed by atoms with Crippen LogP contribution in [0.25, 0.3) is 0 Å². The number of carbonyl (C=O) groups is 2. The van der Waals surface area contributed by atoms with E-state index in [0.29, 0.717) is 24.1 Å². The van der Waals surface area contributed by atoms with Crippen molar-refractivity contribution >= 4 is 17.6 Å². The largest absolute Gasteiger partial charge is 0.366 e. The first-order chi connectivity index (χ1) is 8.09. The zero-order chi connectivity index (χ0) is 12.4. The van der Waals surface area contributed by atoms with E-state index in [1.165, 1.54) is 0 Å². The van der Waals surface area contributed by atoms with Gasteiger partial charge in [0.25, 0.3) is 0 Å². The lowest BCUT2D eigenvalue weighted by atomic mass is 10.0. The van der Waals surface area contributed by atoms with Gasteiger partial charge in [0.15, 0.2) is 0 Å². The van der Waals surface area contributed by atoms with Gasteiger partial charge in [0.1, 0.15) is 0 Å². The van der Waals surface area contributed by atoms with Crippen molar-refractivity contribution in [3.63, 3.8) is 0 Å². The number of hydrazone groups is 1. The third-order valence-corrected chi connectivity index (χ3v) is 2.67. The summed E-state index contributed by atoms with van der Waals surface area (Å²) in [5.41, 5.74) is 15.3. The maximum Gasteiger partial charge on any atom is 0.332 e. The molecule has 0 radical (unpaired) electrons. The fourth-order valence-electron chi connectivity index (χ4n) is 1.97. The molecule has 0 bridgehead atoms. The summed E-state index contributed by atoms with van der Waals surface area (Å²) in [6.45, 7) is 0. The molecule has 0 atom stereocenters. The molecule has 0 spiro atoms. The summed E-state index contributed by atoms with van der Waals surface area (Å²) in [7, 11) is 0. The number of hydrogen-bond donors (Lipinski definition) is 3. The van der Waals surface area contributed by atoms with Crippen molar-refractivity contribution in [1.82, 2.24) is 5.43 Å². The standard InChI is InChI=1S/C11H12N4O2/c12-10(16)8-3-1-2-7-6(8)4-5-9(7)14-15-11(13)17/h1-3H,4-5H2,(H2,12,16)(H3,13,15,17)/b14-9+. The van der Waals surface area contributed by atoms with Gasteiger partial charge in [0.2, 0.25) is 5.91 Å². The summed E-state index contributed by atoms with van der Waals surface area (Å²) >= 11 is 0. The van der Waals surface area contributed by atoms with Crippen LogP contribution in [0.1, 0.15) is 27.9 Å². The highest BCUT2D eigenvalue weighted by Crippen LogP contribution is 2.25. The van der Waals surface area contributed by atoms with Gasteiger partial charge in [-0.3, -0.25) is 4.79 Å². The predicted molar refractivity (Wildman–Crippen MR) is 62.5 cm³/mol. The molecule has 6 heteroatoms. The molecule has 5 N–H and O–H groups in total. The third kappa shape index (κ3) is 2.10. The lowest BCUT2D eigenvalue weighted by Crippen LogP contribution is -2.25. The molecular weight excluding hydrogens is 220 g/mol. The number of benzene rings is 1. The third-order valence-electron chi connectivity index (χ3n) is 2.67. The number of primary amides is 2. The van der Waals surface area contributed by atoms with E-state index in [9.17, 15) is 9.59 Å². The fraction of sp³-hybridized carbons (Fsp3) is 0.182. The molecular formula is C11H12N4O2. The Morgan fingerprint density at radius 2 is 2.00 bits per heavy atom. The van der Waals surface area contributed by atoms with Crippen LogP contribution in [0.5, 0.6) is 0 Å². The van der Waals surface area contributed by atoms with Crippen LogP contribution in [0.15, 0.2) is 23.3 Å². The molecule has 0 saturated heterocycles. The molecule has 0 aromatic heterocycles. The number of fused-ring (bicyclic) bond motifs is 1. The van der Waals surface area contributed by atoms with Crippen LogP contribution in [0, 0.1) is 0 Å². The number of urea groups is 1. The van der Waals surface area contributed by atoms with Gasteiger partial charge in [-0.1, -0.05) is 12.1 Å². The Bertz CT molecular complexity index is 522. The van der Waals surface area contributed by atoms with Gasteiger partial charge in [-0.25, -0.2) is 10.2 Å². The van der Waals surface area contributed by atoms with E-state index in [-0.39, 0.29) is 0 Å². The molecule has 17 heavy (non-hydrogen) atoms. The molecule has 0 saturated carbocycles. The highest BCUT2D eigenvalue weighted by Gasteiger charge is 2.22. The number of nitrogens with zero attached hydrogens (tertiary/aromatic N) is 1. The van der Waals surface area contributed by atoms with Gasteiger partial charge >= 0.3 is 6.03 Å². The van der Waals surface area contributed by atoms with Crippen molar-refractivity contribution in [2.75, 3.05) is 0 Å². The first kappa shape index (κ1) is 11.1. The first-order valence-corrected chi connectivity index (χ1v) is 5.13. The van der Waals surface area contributed by atoms with E-state index in [2.05, 4.69) is 10.5 Å². The maximum absolute atomic E-state index is 11.2. The molecule has 1 aromatic rings. The Morgan fingerprint density at radius 1 is 1.24 bits per heavy atom. The monoisotopic (exact) mass is 232 g/mol. The number of nitrogens with two attached hydrogens (primary N) is 2. The normalized spacial score (nSPS) is 15.6. The van der Waals surface area contributed by atoms with Gasteiger partial charge < -0.3 is 11.5 Å². The van der Waals surface area contributed by atoms with E-state index < -0.39 is 11.9 Å². The number of rotatable bonds is 2. The lowest BCUT2D eigenvalue weighted by Gasteiger charge is -2.04. The minimum absolute atomic E-state index is 0.453. The molecule has 0 unspecified atom stereocenters. The Balaban J connectivity index is 2.39. The van der Waals surface area contributed by atoms with Crippen LogP contribution in [0.3, 0.4) is 0 Å². The van der Waals surface area contributed by atoms with Crippen LogP contribution in [0.4, 0.5) is 4.79 Å². The van der Waals surface area contributed by atoms with Gasteiger partial charge in [0, 0.05) is 11.1 Å². The average Bonchev–Trinajstić information content (AvgIpc) is 2.68. The summed E-state index contributed by atoms with van der Waals surface area (Å²) in [6, 6.07) is 4.56. The van der Waals surface area contributed by atoms with Crippen molar-refractivity contribution in [1.29, 1.82) is 0 Å². The zero-order valence-electron chi connectivity index (χ0n) is 9.06. The molecule has 88 valence electrons. The van der Waals surface area contributed by atoms with Crippen LogP contribution in [0.2, 0.25) is 0 Å². The minimum atomic E-state index is -0.711. The van der Waals surface area contributed by atoms with Crippen molar-refractivity contribution in [3.8, 4) is 0 Å². The molecule has 0 heterocycles. The second-order valence-corrected chi connectivity index (χ2v) is 3.73. The zero-order valence-corrected chi connectivity index (χ0v) is 9.06. The quantitative estimate of drug-likeness (QED) is 0.628. The Morgan fingerprint density at radius 3 is 2.65 bits per heavy atom. The van der Waals surface area contributed by atoms with E-state index in [4.69, 9.17) is 11.5 Å². The SMILES string of the molecule is NC(=O)N/N=C1\CCc2c(C(N)=O)cccc21. The van der Waals surface area contributed by atoms with Gasteiger partial charge in [-0.15, -0.1) is 0 Å². The van der Waals surface area contributed by atoms with Crippen LogP contribution < -0.4 is 16.9 Å². The average molecular weight is 232 g/mol. The summed E-state index contributed by atoms with van der Waals surface area (Å²) < 4.78 is 0. The molecule has 0 aliphatic heterocycles. The van der Waals surface area contributed by atoms with E-state index in [1.54, 1.807) is 12.1 Å². The Hall–Kier alpha value is -2.37. The second-order valence-electron chi connectivity index (χ2n) is 3.73. The Labute approximate surface area is 97.7 Å². The highest BCUT2D eigenvalue weighted by atomic mass is 16.2. The fourth-order valence-corrected chi connectivity index (χ4v) is 1.97. The van der Waals surface area contributed by atoms with Crippen molar-refractivity contribution in [3.05, 3.63) is 34.9 Å². The van der Waals surface area contributed by atoms with Gasteiger partial charge in [-0.2, -0.15) is 5.10 Å². The summed E-state index contributed by atoms with van der Waals surface area (Å²) in [6.07, 6.45) is 1.34. The number of hydrogen-bond acceptors (Lipinski definition) is 3. The van der Waals surface area contributed by atoms with Gasteiger partial charge in [0.05, 0.1) is 5.71 Å². The first-order valence-electron chi connectivity index (χ1n) is 5.13. The highest BCUT2D eigenvalue weighted by molar-refractivity contribution is 6.08. The molecule has 1 aliphatic rings. The molecule has 6 nitrogen and oxygen atoms in total. The number of amides is 3. The summed E-state index contributed by atoms with van der Waals surface area (Å²) in [5, 5.41) is 3.90. The van der Waals surface area contributed by atoms with Crippen molar-refractivity contribution in [2.24, 2.45) is 16.6 Å². The van der Waals surface area contributed by atoms with E-state index in [0.717, 1.165) is 11.1 Å². The van der Waals surface area contributed by atoms with Crippen LogP contribution in [-0.4, -0.2) is 17.6 Å². The van der Waals surface area contributed by atoms with Crippen molar-refractivity contribution < 1.29 is 9.59 Å². The number of carbonyl (C=O) groups excluding carboxylic acids is 2. The Kier molecular flexibility index (Phi) is 2.78. The minimum Gasteiger partial charge on any atom is -0.366 e. The maximum atomic E-state index is 11.2. The molecule has 3 amide bonds. The predicted octanol–water partition coefficient (Wildman–Crippen LogP) is 0.104. The molecule has 0 fully saturated rings. The van der Waals surface area contributed by atoms with Crippen LogP contribution in [-0.2, 0) is 6.42 Å². The molecule has 1 aliphatic carbocycles. The smallest absolute Gasteiger partial charge is 0.332 e. The summed E-state index contributed by atoms with van der Waals surface area (Å²) in [4.78, 5) is 21.8. The van der Waals surface area contributed by atoms with E-state index in [1.807, 2.05) is 6.07 Å². The topological polar surface area (TPSA) is 111 Å². The molecule has 2 rings (SSSR count). The van der Waals surface area contributed by atoms with Crippen LogP contribution >= 0.6 is 0 Å². The molecule has 1 aromatic carbocycles. The summed E-state index contributed by atoms with van der Waals surface area (Å²) in [5.74, 6) is -0.453. The lowest BCUT2D eigenvalue weighted by molar-refractivity contribution is 0.0999. The number of nitrogens with one attached hydrogen (secondary N) is 1. The van der Waals surface area contributed by atoms with E-state index >= 15 is 0 Å². The second kappa shape index (κ2) is 4.25.